The number of amides is 1. The summed E-state index contributed by atoms with van der Waals surface area (Å²) in [6.45, 7) is 3.41. The van der Waals surface area contributed by atoms with Crippen LogP contribution in [0.4, 0.5) is 17.6 Å². The number of nitrogens with one attached hydrogen (secondary N) is 2. The second kappa shape index (κ2) is 10.7. The highest BCUT2D eigenvalue weighted by atomic mass is 19.4. The summed E-state index contributed by atoms with van der Waals surface area (Å²) >= 11 is 0. The van der Waals surface area contributed by atoms with Crippen LogP contribution < -0.4 is 10.6 Å². The summed E-state index contributed by atoms with van der Waals surface area (Å²) in [4.78, 5) is 12.1. The first-order valence-electron chi connectivity index (χ1n) is 11.1. The average molecular weight is 467 g/mol. The first-order valence-corrected chi connectivity index (χ1v) is 11.1. The molecule has 0 aromatic heterocycles. The van der Waals surface area contributed by atoms with Gasteiger partial charge < -0.3 is 15.4 Å². The van der Waals surface area contributed by atoms with E-state index in [9.17, 15) is 22.4 Å². The lowest BCUT2D eigenvalue weighted by atomic mass is 9.81. The molecule has 1 saturated heterocycles. The third kappa shape index (κ3) is 6.54. The van der Waals surface area contributed by atoms with Gasteiger partial charge in [0.1, 0.15) is 6.67 Å². The number of hydrogen-bond donors (Lipinski definition) is 2. The van der Waals surface area contributed by atoms with Crippen molar-refractivity contribution in [2.24, 2.45) is 5.92 Å². The van der Waals surface area contributed by atoms with Crippen LogP contribution in [0.3, 0.4) is 0 Å². The maximum Gasteiger partial charge on any atom is 0.416 e. The summed E-state index contributed by atoms with van der Waals surface area (Å²) in [5.74, 6) is -0.103. The number of carbonyl (C=O) groups is 1. The molecule has 2 aromatic carbocycles. The van der Waals surface area contributed by atoms with E-state index in [2.05, 4.69) is 10.6 Å². The van der Waals surface area contributed by atoms with Gasteiger partial charge in [-0.05, 0) is 41.7 Å². The molecule has 1 aliphatic rings. The monoisotopic (exact) mass is 466 g/mol. The Kier molecular flexibility index (Phi) is 8.13. The standard InChI is InChI=1S/C25H30F4N2O2/c1-17(2)23(32)31-22-8-9-24(30-14-22,20-6-4-3-5-7-20)16-33-15-19-10-18(13-26)11-21(12-19)25(27,28)29/h3-7,10-12,17,22,30H,8-9,13-16H2,1-2H3,(H,31,32)/t22-,24+/m0/s1. The molecule has 8 heteroatoms. The zero-order valence-electron chi connectivity index (χ0n) is 18.8. The molecule has 2 aromatic rings. The van der Waals surface area contributed by atoms with Crippen LogP contribution in [0.25, 0.3) is 0 Å². The van der Waals surface area contributed by atoms with Crippen LogP contribution in [0.1, 0.15) is 48.9 Å². The van der Waals surface area contributed by atoms with Crippen LogP contribution >= 0.6 is 0 Å². The lowest BCUT2D eigenvalue weighted by Crippen LogP contribution is -2.57. The topological polar surface area (TPSA) is 50.4 Å². The smallest absolute Gasteiger partial charge is 0.374 e. The molecule has 2 N–H and O–H groups in total. The molecule has 180 valence electrons. The highest BCUT2D eigenvalue weighted by Crippen LogP contribution is 2.33. The number of carbonyl (C=O) groups excluding carboxylic acids is 1. The van der Waals surface area contributed by atoms with E-state index in [4.69, 9.17) is 4.74 Å². The fraction of sp³-hybridized carbons (Fsp3) is 0.480. The highest BCUT2D eigenvalue weighted by molar-refractivity contribution is 5.78. The van der Waals surface area contributed by atoms with E-state index < -0.39 is 24.0 Å². The van der Waals surface area contributed by atoms with Crippen LogP contribution in [0.2, 0.25) is 0 Å². The third-order valence-corrected chi connectivity index (χ3v) is 5.95. The van der Waals surface area contributed by atoms with Crippen molar-refractivity contribution < 1.29 is 27.1 Å². The lowest BCUT2D eigenvalue weighted by molar-refractivity contribution is -0.137. The van der Waals surface area contributed by atoms with E-state index in [0.29, 0.717) is 13.0 Å². The van der Waals surface area contributed by atoms with Crippen LogP contribution in [0.5, 0.6) is 0 Å². The molecule has 2 atom stereocenters. The maximum atomic E-state index is 13.2. The van der Waals surface area contributed by atoms with Crippen LogP contribution in [0.15, 0.2) is 48.5 Å². The van der Waals surface area contributed by atoms with Crippen molar-refractivity contribution in [2.75, 3.05) is 13.2 Å². The summed E-state index contributed by atoms with van der Waals surface area (Å²) < 4.78 is 58.5. The molecular weight excluding hydrogens is 436 g/mol. The van der Waals surface area contributed by atoms with Crippen molar-refractivity contribution in [3.8, 4) is 0 Å². The maximum absolute atomic E-state index is 13.2. The molecule has 0 bridgehead atoms. The molecule has 4 nitrogen and oxygen atoms in total. The van der Waals surface area contributed by atoms with E-state index in [1.807, 2.05) is 44.2 Å². The van der Waals surface area contributed by atoms with Crippen LogP contribution in [-0.4, -0.2) is 25.1 Å². The number of alkyl halides is 4. The number of halogens is 4. The Balaban J connectivity index is 1.71. The number of ether oxygens (including phenoxy) is 1. The predicted octanol–water partition coefficient (Wildman–Crippen LogP) is 5.11. The minimum absolute atomic E-state index is 0.00141. The molecule has 1 heterocycles. The van der Waals surface area contributed by atoms with Crippen molar-refractivity contribution in [2.45, 2.75) is 57.7 Å². The van der Waals surface area contributed by atoms with Gasteiger partial charge in [0.25, 0.3) is 0 Å². The second-order valence-corrected chi connectivity index (χ2v) is 8.89. The first-order chi connectivity index (χ1) is 15.6. The van der Waals surface area contributed by atoms with Gasteiger partial charge in [0.05, 0.1) is 24.3 Å². The van der Waals surface area contributed by atoms with E-state index >= 15 is 0 Å². The Morgan fingerprint density at radius 2 is 1.88 bits per heavy atom. The van der Waals surface area contributed by atoms with Gasteiger partial charge >= 0.3 is 6.18 Å². The largest absolute Gasteiger partial charge is 0.416 e. The van der Waals surface area contributed by atoms with Crippen molar-refractivity contribution in [1.82, 2.24) is 10.6 Å². The summed E-state index contributed by atoms with van der Waals surface area (Å²) in [6.07, 6.45) is -3.14. The summed E-state index contributed by atoms with van der Waals surface area (Å²) in [6, 6.07) is 12.9. The van der Waals surface area contributed by atoms with E-state index in [-0.39, 0.29) is 42.2 Å². The third-order valence-electron chi connectivity index (χ3n) is 5.95. The van der Waals surface area contributed by atoms with Crippen molar-refractivity contribution in [3.05, 3.63) is 70.8 Å². The van der Waals surface area contributed by atoms with Crippen LogP contribution in [0, 0.1) is 5.92 Å². The lowest BCUT2D eigenvalue weighted by Gasteiger charge is -2.42. The SMILES string of the molecule is CC(C)C(=O)N[C@H]1CC[C@@](COCc2cc(CF)cc(C(F)(F)F)c2)(c2ccccc2)NC1. The first kappa shape index (κ1) is 25.2. The van der Waals surface area contributed by atoms with Crippen molar-refractivity contribution in [1.29, 1.82) is 0 Å². The Labute approximate surface area is 191 Å². The minimum atomic E-state index is -4.55. The molecule has 1 amide bonds. The van der Waals surface area contributed by atoms with Gasteiger partial charge in [-0.25, -0.2) is 4.39 Å². The van der Waals surface area contributed by atoms with Crippen molar-refractivity contribution in [3.63, 3.8) is 0 Å². The second-order valence-electron chi connectivity index (χ2n) is 8.89. The number of piperidine rings is 1. The normalized spacial score (nSPS) is 21.2. The van der Waals surface area contributed by atoms with Gasteiger partial charge in [-0.3, -0.25) is 4.79 Å². The molecule has 0 radical (unpaired) electrons. The molecule has 1 fully saturated rings. The van der Waals surface area contributed by atoms with E-state index in [1.54, 1.807) is 0 Å². The van der Waals surface area contributed by atoms with Gasteiger partial charge in [0.15, 0.2) is 0 Å². The van der Waals surface area contributed by atoms with E-state index in [1.165, 1.54) is 6.07 Å². The minimum Gasteiger partial charge on any atom is -0.374 e. The van der Waals surface area contributed by atoms with Gasteiger partial charge in [0, 0.05) is 18.5 Å². The molecule has 0 saturated carbocycles. The molecular formula is C25H30F4N2O2. The quantitative estimate of drug-likeness (QED) is 0.532. The Morgan fingerprint density at radius 1 is 1.18 bits per heavy atom. The van der Waals surface area contributed by atoms with E-state index in [0.717, 1.165) is 24.1 Å². The van der Waals surface area contributed by atoms with Gasteiger partial charge in [-0.15, -0.1) is 0 Å². The average Bonchev–Trinajstić information content (AvgIpc) is 2.80. The molecule has 33 heavy (non-hydrogen) atoms. The Morgan fingerprint density at radius 3 is 2.45 bits per heavy atom. The molecule has 0 unspecified atom stereocenters. The number of benzene rings is 2. The Bertz CT molecular complexity index is 924. The zero-order valence-corrected chi connectivity index (χ0v) is 18.8. The predicted molar refractivity (Wildman–Crippen MR) is 118 cm³/mol. The molecule has 0 spiro atoms. The van der Waals surface area contributed by atoms with Gasteiger partial charge in [-0.1, -0.05) is 50.2 Å². The molecule has 3 rings (SSSR count). The Hall–Kier alpha value is -2.45. The van der Waals surface area contributed by atoms with Crippen molar-refractivity contribution >= 4 is 5.91 Å². The zero-order chi connectivity index (χ0) is 24.1. The van der Waals surface area contributed by atoms with Gasteiger partial charge in [0.2, 0.25) is 5.91 Å². The summed E-state index contributed by atoms with van der Waals surface area (Å²) in [7, 11) is 0. The summed E-state index contributed by atoms with van der Waals surface area (Å²) in [5, 5.41) is 6.55. The summed E-state index contributed by atoms with van der Waals surface area (Å²) in [5.41, 5.74) is -0.162. The fourth-order valence-electron chi connectivity index (χ4n) is 4.06. The fourth-order valence-corrected chi connectivity index (χ4v) is 4.06. The van der Waals surface area contributed by atoms with Gasteiger partial charge in [-0.2, -0.15) is 13.2 Å². The number of hydrogen-bond acceptors (Lipinski definition) is 3. The highest BCUT2D eigenvalue weighted by Gasteiger charge is 2.37. The molecule has 0 aliphatic carbocycles. The number of rotatable bonds is 8. The molecule has 1 aliphatic heterocycles. The van der Waals surface area contributed by atoms with Crippen LogP contribution in [-0.2, 0) is 34.5 Å².